The van der Waals surface area contributed by atoms with E-state index in [0.29, 0.717) is 22.6 Å². The van der Waals surface area contributed by atoms with E-state index in [9.17, 15) is 18.0 Å². The number of urea groups is 1. The minimum Gasteiger partial charge on any atom is -0.406 e. The molecule has 2 amide bonds. The van der Waals surface area contributed by atoms with Gasteiger partial charge in [0.2, 0.25) is 0 Å². The Morgan fingerprint density at radius 2 is 1.70 bits per heavy atom. The van der Waals surface area contributed by atoms with Crippen LogP contribution in [-0.2, 0) is 0 Å². The van der Waals surface area contributed by atoms with E-state index in [4.69, 9.17) is 0 Å². The molecule has 0 aliphatic carbocycles. The van der Waals surface area contributed by atoms with Crippen molar-refractivity contribution in [3.8, 4) is 22.8 Å². The predicted molar refractivity (Wildman–Crippen MR) is 168 cm³/mol. The first-order valence-electron chi connectivity index (χ1n) is 14.2. The fourth-order valence-corrected chi connectivity index (χ4v) is 5.87. The molecule has 0 saturated carbocycles. The number of amidine groups is 1. The maximum Gasteiger partial charge on any atom is 0.573 e. The molecule has 1 fully saturated rings. The Hall–Kier alpha value is -4.32. The van der Waals surface area contributed by atoms with Gasteiger partial charge < -0.3 is 15.0 Å². The molecular weight excluding hydrogens is 589 g/mol. The Balaban J connectivity index is 1.21. The molecule has 2 heterocycles. The van der Waals surface area contributed by atoms with E-state index in [1.54, 1.807) is 11.8 Å². The van der Waals surface area contributed by atoms with E-state index in [0.717, 1.165) is 29.1 Å². The number of ether oxygens (including phenoxy) is 1. The highest BCUT2D eigenvalue weighted by Gasteiger charge is 2.31. The molecule has 230 valence electrons. The quantitative estimate of drug-likeness (QED) is 0.216. The molecule has 1 aliphatic heterocycles. The molecule has 1 aromatic heterocycles. The van der Waals surface area contributed by atoms with Gasteiger partial charge in [0.05, 0.1) is 5.69 Å². The van der Waals surface area contributed by atoms with Crippen LogP contribution in [0.3, 0.4) is 0 Å². The van der Waals surface area contributed by atoms with Gasteiger partial charge in [-0.2, -0.15) is 4.99 Å². The Kier molecular flexibility index (Phi) is 9.28. The summed E-state index contributed by atoms with van der Waals surface area (Å²) in [7, 11) is 0. The Morgan fingerprint density at radius 3 is 2.39 bits per heavy atom. The minimum atomic E-state index is -4.75. The van der Waals surface area contributed by atoms with E-state index in [1.165, 1.54) is 40.8 Å². The van der Waals surface area contributed by atoms with Crippen LogP contribution in [0.5, 0.6) is 5.75 Å². The number of hydrogen-bond donors (Lipinski definition) is 1. The van der Waals surface area contributed by atoms with Crippen molar-refractivity contribution in [2.24, 2.45) is 4.99 Å². The summed E-state index contributed by atoms with van der Waals surface area (Å²) >= 11 is 1.58. The number of aliphatic imine (C=N–C) groups is 1. The summed E-state index contributed by atoms with van der Waals surface area (Å²) in [6.07, 6.45) is -3.25. The second kappa shape index (κ2) is 13.1. The van der Waals surface area contributed by atoms with Gasteiger partial charge in [0.25, 0.3) is 0 Å². The van der Waals surface area contributed by atoms with Gasteiger partial charge in [-0.25, -0.2) is 14.5 Å². The van der Waals surface area contributed by atoms with E-state index in [-0.39, 0.29) is 23.7 Å². The van der Waals surface area contributed by atoms with Gasteiger partial charge in [-0.15, -0.1) is 18.3 Å². The monoisotopic (exact) mass is 622 g/mol. The van der Waals surface area contributed by atoms with Crippen LogP contribution in [0.15, 0.2) is 84.1 Å². The predicted octanol–water partition coefficient (Wildman–Crippen LogP) is 7.77. The standard InChI is InChI=1S/C32H33F3N6O2S/c1-20(2)27-7-5-6-8-28(27)40-17-18-44-31(40)38-30(42)37-22(4)21(3)23-9-11-24(12-10-23)29-36-19-41(39-29)25-13-15-26(16-14-25)43-32(33,34)35/h5-16,19-22H,17-18H2,1-4H3,(H,37,42)/b38-31-. The average molecular weight is 623 g/mol. The molecule has 0 spiro atoms. The topological polar surface area (TPSA) is 84.6 Å². The van der Waals surface area contributed by atoms with Crippen molar-refractivity contribution in [3.05, 3.63) is 90.3 Å². The lowest BCUT2D eigenvalue weighted by Crippen LogP contribution is -2.36. The van der Waals surface area contributed by atoms with Crippen LogP contribution in [0, 0.1) is 0 Å². The van der Waals surface area contributed by atoms with Gasteiger partial charge in [-0.1, -0.05) is 75.0 Å². The number of alkyl halides is 3. The fraction of sp³-hybridized carbons (Fsp3) is 0.312. The minimum absolute atomic E-state index is 0.00477. The highest BCUT2D eigenvalue weighted by atomic mass is 32.2. The van der Waals surface area contributed by atoms with Crippen molar-refractivity contribution in [3.63, 3.8) is 0 Å². The van der Waals surface area contributed by atoms with Crippen molar-refractivity contribution in [1.82, 2.24) is 20.1 Å². The van der Waals surface area contributed by atoms with Crippen LogP contribution in [0.25, 0.3) is 17.1 Å². The largest absolute Gasteiger partial charge is 0.573 e. The Labute approximate surface area is 258 Å². The van der Waals surface area contributed by atoms with Crippen molar-refractivity contribution < 1.29 is 22.7 Å². The van der Waals surface area contributed by atoms with Crippen LogP contribution < -0.4 is 15.0 Å². The highest BCUT2D eigenvalue weighted by molar-refractivity contribution is 8.14. The smallest absolute Gasteiger partial charge is 0.406 e. The van der Waals surface area contributed by atoms with Crippen molar-refractivity contribution in [2.75, 3.05) is 17.2 Å². The van der Waals surface area contributed by atoms with E-state index in [1.807, 2.05) is 50.2 Å². The molecule has 1 N–H and O–H groups in total. The summed E-state index contributed by atoms with van der Waals surface area (Å²) in [5, 5.41) is 8.20. The highest BCUT2D eigenvalue weighted by Crippen LogP contribution is 2.33. The normalized spacial score (nSPS) is 15.9. The number of anilines is 1. The van der Waals surface area contributed by atoms with Gasteiger partial charge in [0, 0.05) is 35.5 Å². The van der Waals surface area contributed by atoms with Gasteiger partial charge in [-0.3, -0.25) is 0 Å². The molecule has 12 heteroatoms. The molecule has 44 heavy (non-hydrogen) atoms. The van der Waals surface area contributed by atoms with Crippen LogP contribution in [0.4, 0.5) is 23.7 Å². The number of benzene rings is 3. The molecule has 0 radical (unpaired) electrons. The van der Waals surface area contributed by atoms with E-state index < -0.39 is 6.36 Å². The average Bonchev–Trinajstić information content (AvgIpc) is 3.67. The van der Waals surface area contributed by atoms with Crippen LogP contribution >= 0.6 is 11.8 Å². The molecule has 2 unspecified atom stereocenters. The number of amides is 2. The van der Waals surface area contributed by atoms with Crippen molar-refractivity contribution >= 4 is 28.6 Å². The molecule has 1 saturated heterocycles. The molecule has 0 bridgehead atoms. The zero-order valence-corrected chi connectivity index (χ0v) is 25.6. The summed E-state index contributed by atoms with van der Waals surface area (Å²) in [4.78, 5) is 23.9. The molecule has 4 aromatic rings. The number of carbonyl (C=O) groups excluding carboxylic acids is 1. The Morgan fingerprint density at radius 1 is 1.00 bits per heavy atom. The number of aromatic nitrogens is 3. The molecule has 2 atom stereocenters. The first kappa shape index (κ1) is 31.1. The number of halogens is 3. The third-order valence-electron chi connectivity index (χ3n) is 7.45. The van der Waals surface area contributed by atoms with Gasteiger partial charge in [0.1, 0.15) is 12.1 Å². The lowest BCUT2D eigenvalue weighted by atomic mass is 9.93. The number of hydrogen-bond acceptors (Lipinski definition) is 5. The first-order valence-corrected chi connectivity index (χ1v) is 15.2. The number of nitrogens with one attached hydrogen (secondary N) is 1. The number of thioether (sulfide) groups is 1. The van der Waals surface area contributed by atoms with Crippen LogP contribution in [-0.4, -0.2) is 50.7 Å². The molecule has 8 nitrogen and oxygen atoms in total. The molecule has 1 aliphatic rings. The number of rotatable bonds is 8. The molecular formula is C32H33F3N6O2S. The fourth-order valence-electron chi connectivity index (χ4n) is 4.92. The van der Waals surface area contributed by atoms with Gasteiger partial charge >= 0.3 is 12.4 Å². The summed E-state index contributed by atoms with van der Waals surface area (Å²) < 4.78 is 42.7. The van der Waals surface area contributed by atoms with E-state index >= 15 is 0 Å². The SMILES string of the molecule is CC(C)c1ccccc1N1CCS/C1=N\C(=O)NC(C)C(C)c1ccc(-c2ncn(-c3ccc(OC(F)(F)F)cc3)n2)cc1. The van der Waals surface area contributed by atoms with Gasteiger partial charge in [-0.05, 0) is 54.3 Å². The Bertz CT molecular complexity index is 1620. The maximum absolute atomic E-state index is 13.0. The molecule has 3 aromatic carbocycles. The third kappa shape index (κ3) is 7.42. The summed E-state index contributed by atoms with van der Waals surface area (Å²) in [5.74, 6) is 1.39. The summed E-state index contributed by atoms with van der Waals surface area (Å²) in [6, 6.07) is 20.8. The van der Waals surface area contributed by atoms with Crippen LogP contribution in [0.2, 0.25) is 0 Å². The lowest BCUT2D eigenvalue weighted by Gasteiger charge is -2.24. The lowest BCUT2D eigenvalue weighted by molar-refractivity contribution is -0.274. The second-order valence-corrected chi connectivity index (χ2v) is 11.9. The maximum atomic E-state index is 13.0. The number of nitrogens with zero attached hydrogens (tertiary/aromatic N) is 5. The second-order valence-electron chi connectivity index (χ2n) is 10.8. The number of para-hydroxylation sites is 1. The first-order chi connectivity index (χ1) is 21.0. The van der Waals surface area contributed by atoms with Crippen molar-refractivity contribution in [1.29, 1.82) is 0 Å². The zero-order chi connectivity index (χ0) is 31.4. The number of carbonyl (C=O) groups is 1. The molecule has 5 rings (SSSR count). The summed E-state index contributed by atoms with van der Waals surface area (Å²) in [5.41, 5.74) is 4.66. The zero-order valence-electron chi connectivity index (χ0n) is 24.7. The third-order valence-corrected chi connectivity index (χ3v) is 8.40. The summed E-state index contributed by atoms with van der Waals surface area (Å²) in [6.45, 7) is 9.12. The van der Waals surface area contributed by atoms with Crippen molar-refractivity contribution in [2.45, 2.75) is 51.9 Å². The van der Waals surface area contributed by atoms with Crippen LogP contribution in [0.1, 0.15) is 50.7 Å². The van der Waals surface area contributed by atoms with Gasteiger partial charge in [0.15, 0.2) is 11.0 Å². The van der Waals surface area contributed by atoms with E-state index in [2.05, 4.69) is 56.0 Å².